The van der Waals surface area contributed by atoms with Crippen molar-refractivity contribution < 1.29 is 22.4 Å². The first-order valence-corrected chi connectivity index (χ1v) is 10.8. The van der Waals surface area contributed by atoms with Crippen molar-refractivity contribution in [2.75, 3.05) is 5.32 Å². The molecule has 0 unspecified atom stereocenters. The number of nitrogens with zero attached hydrogens (tertiary/aromatic N) is 2. The topological polar surface area (TPSA) is 68.0 Å². The highest BCUT2D eigenvalue weighted by molar-refractivity contribution is 8.00. The maximum atomic E-state index is 13.5. The average molecular weight is 490 g/mol. The van der Waals surface area contributed by atoms with Gasteiger partial charge in [0, 0.05) is 10.6 Å². The zero-order valence-electron chi connectivity index (χ0n) is 16.7. The van der Waals surface area contributed by atoms with Crippen LogP contribution in [0.1, 0.15) is 16.4 Å². The Hall–Kier alpha value is -3.30. The zero-order valence-corrected chi connectivity index (χ0v) is 18.3. The molecule has 0 aliphatic heterocycles. The lowest BCUT2D eigenvalue weighted by atomic mass is 10.1. The molecule has 5 nitrogen and oxygen atoms in total. The third-order valence-corrected chi connectivity index (χ3v) is 5.85. The molecule has 1 atom stereocenters. The molecule has 0 aliphatic rings. The number of alkyl halides is 3. The molecular weight excluding hydrogens is 475 g/mol. The number of nitrogens with one attached hydrogen (secondary N) is 1. The van der Waals surface area contributed by atoms with Crippen molar-refractivity contribution in [3.05, 3.63) is 95.0 Å². The summed E-state index contributed by atoms with van der Waals surface area (Å²) in [4.78, 5) is 13.1. The minimum Gasteiger partial charge on any atom is -0.411 e. The molecule has 33 heavy (non-hydrogen) atoms. The second-order valence-corrected chi connectivity index (χ2v) is 8.32. The highest BCUT2D eigenvalue weighted by atomic mass is 35.5. The third kappa shape index (κ3) is 5.55. The van der Waals surface area contributed by atoms with Crippen LogP contribution in [0.3, 0.4) is 0 Å². The van der Waals surface area contributed by atoms with Gasteiger partial charge in [0.2, 0.25) is 11.8 Å². The van der Waals surface area contributed by atoms with Crippen LogP contribution in [-0.4, -0.2) is 16.1 Å². The normalized spacial score (nSPS) is 12.4. The van der Waals surface area contributed by atoms with E-state index in [9.17, 15) is 18.0 Å². The lowest BCUT2D eigenvalue weighted by Crippen LogP contribution is -2.21. The molecule has 0 radical (unpaired) electrons. The minimum atomic E-state index is -4.69. The highest BCUT2D eigenvalue weighted by Crippen LogP contribution is 2.39. The Bertz CT molecular complexity index is 1250. The second-order valence-electron chi connectivity index (χ2n) is 6.82. The van der Waals surface area contributed by atoms with Crippen molar-refractivity contribution in [1.29, 1.82) is 0 Å². The maximum absolute atomic E-state index is 13.5. The number of amides is 1. The average Bonchev–Trinajstić information content (AvgIpc) is 3.28. The van der Waals surface area contributed by atoms with Gasteiger partial charge in [0.15, 0.2) is 0 Å². The molecule has 0 saturated carbocycles. The van der Waals surface area contributed by atoms with Gasteiger partial charge >= 0.3 is 6.18 Å². The molecule has 10 heteroatoms. The van der Waals surface area contributed by atoms with Gasteiger partial charge in [-0.25, -0.2) is 0 Å². The van der Waals surface area contributed by atoms with Crippen LogP contribution in [0.15, 0.2) is 88.5 Å². The summed E-state index contributed by atoms with van der Waals surface area (Å²) in [6.45, 7) is 0. The van der Waals surface area contributed by atoms with Crippen molar-refractivity contribution in [2.24, 2.45) is 0 Å². The molecule has 1 amide bonds. The molecule has 0 spiro atoms. The van der Waals surface area contributed by atoms with E-state index in [1.807, 2.05) is 18.2 Å². The van der Waals surface area contributed by atoms with Crippen LogP contribution in [0.25, 0.3) is 11.5 Å². The van der Waals surface area contributed by atoms with Gasteiger partial charge in [-0.15, -0.1) is 10.2 Å². The summed E-state index contributed by atoms with van der Waals surface area (Å²) in [6.07, 6.45) is -4.69. The van der Waals surface area contributed by atoms with E-state index in [-0.39, 0.29) is 16.1 Å². The van der Waals surface area contributed by atoms with Crippen molar-refractivity contribution in [2.45, 2.75) is 16.6 Å². The van der Waals surface area contributed by atoms with E-state index in [0.717, 1.165) is 23.9 Å². The number of carbonyl (C=O) groups is 1. The van der Waals surface area contributed by atoms with Crippen LogP contribution in [0.4, 0.5) is 18.9 Å². The molecule has 0 saturated heterocycles. The monoisotopic (exact) mass is 489 g/mol. The van der Waals surface area contributed by atoms with Gasteiger partial charge in [-0.05, 0) is 47.7 Å². The Morgan fingerprint density at radius 2 is 1.64 bits per heavy atom. The number of hydrogen-bond acceptors (Lipinski definition) is 5. The molecule has 1 aromatic heterocycles. The predicted molar refractivity (Wildman–Crippen MR) is 120 cm³/mol. The number of benzene rings is 3. The number of anilines is 1. The molecule has 4 rings (SSSR count). The first kappa shape index (κ1) is 22.9. The SMILES string of the molecule is O=C(Nc1ccc(Cl)cc1C(F)(F)F)[C@H](Sc1nnc(-c2ccccc2)o1)c1ccccc1. The Balaban J connectivity index is 1.63. The summed E-state index contributed by atoms with van der Waals surface area (Å²) in [5, 5.41) is 9.42. The highest BCUT2D eigenvalue weighted by Gasteiger charge is 2.35. The molecular formula is C23H15ClF3N3O2S. The number of aromatic nitrogens is 2. The summed E-state index contributed by atoms with van der Waals surface area (Å²) in [5.41, 5.74) is -0.172. The van der Waals surface area contributed by atoms with E-state index in [4.69, 9.17) is 16.0 Å². The predicted octanol–water partition coefficient (Wildman–Crippen LogP) is 6.88. The molecule has 0 aliphatic carbocycles. The van der Waals surface area contributed by atoms with Crippen molar-refractivity contribution in [1.82, 2.24) is 10.2 Å². The fourth-order valence-corrected chi connectivity index (χ4v) is 4.06. The molecule has 0 fully saturated rings. The van der Waals surface area contributed by atoms with Gasteiger partial charge in [-0.2, -0.15) is 13.2 Å². The van der Waals surface area contributed by atoms with Crippen LogP contribution in [0.2, 0.25) is 5.02 Å². The van der Waals surface area contributed by atoms with Gasteiger partial charge < -0.3 is 9.73 Å². The molecule has 3 aromatic carbocycles. The van der Waals surface area contributed by atoms with Gasteiger partial charge in [-0.1, -0.05) is 60.1 Å². The molecule has 4 aromatic rings. The van der Waals surface area contributed by atoms with E-state index in [1.54, 1.807) is 42.5 Å². The lowest BCUT2D eigenvalue weighted by molar-refractivity contribution is -0.137. The van der Waals surface area contributed by atoms with E-state index in [0.29, 0.717) is 11.1 Å². The molecule has 1 N–H and O–H groups in total. The second kappa shape index (κ2) is 9.68. The van der Waals surface area contributed by atoms with E-state index >= 15 is 0 Å². The minimum absolute atomic E-state index is 0.0893. The summed E-state index contributed by atoms with van der Waals surface area (Å²) >= 11 is 6.68. The fourth-order valence-electron chi connectivity index (χ4n) is 3.01. The zero-order chi connectivity index (χ0) is 23.4. The first-order valence-electron chi connectivity index (χ1n) is 9.59. The van der Waals surface area contributed by atoms with Crippen LogP contribution >= 0.6 is 23.4 Å². The third-order valence-electron chi connectivity index (χ3n) is 4.53. The quantitative estimate of drug-likeness (QED) is 0.299. The van der Waals surface area contributed by atoms with Crippen molar-refractivity contribution in [3.63, 3.8) is 0 Å². The molecule has 168 valence electrons. The maximum Gasteiger partial charge on any atom is 0.418 e. The van der Waals surface area contributed by atoms with Gasteiger partial charge in [-0.3, -0.25) is 4.79 Å². The summed E-state index contributed by atoms with van der Waals surface area (Å²) < 4.78 is 46.1. The fraction of sp³-hybridized carbons (Fsp3) is 0.0870. The smallest absolute Gasteiger partial charge is 0.411 e. The van der Waals surface area contributed by atoms with Crippen LogP contribution in [-0.2, 0) is 11.0 Å². The van der Waals surface area contributed by atoms with Crippen LogP contribution in [0.5, 0.6) is 0 Å². The number of thioether (sulfide) groups is 1. The number of rotatable bonds is 6. The summed E-state index contributed by atoms with van der Waals surface area (Å²) in [5.74, 6) is -0.416. The number of halogens is 4. The Morgan fingerprint density at radius 3 is 2.30 bits per heavy atom. The van der Waals surface area contributed by atoms with E-state index in [2.05, 4.69) is 15.5 Å². The van der Waals surface area contributed by atoms with E-state index in [1.165, 1.54) is 6.07 Å². The first-order chi connectivity index (χ1) is 15.8. The number of carbonyl (C=O) groups excluding carboxylic acids is 1. The van der Waals surface area contributed by atoms with Crippen molar-refractivity contribution >= 4 is 35.0 Å². The van der Waals surface area contributed by atoms with Crippen LogP contribution < -0.4 is 5.32 Å². The van der Waals surface area contributed by atoms with Gasteiger partial charge in [0.25, 0.3) is 5.22 Å². The van der Waals surface area contributed by atoms with E-state index < -0.39 is 28.6 Å². The largest absolute Gasteiger partial charge is 0.418 e. The van der Waals surface area contributed by atoms with Crippen LogP contribution in [0, 0.1) is 0 Å². The summed E-state index contributed by atoms with van der Waals surface area (Å²) in [7, 11) is 0. The van der Waals surface area contributed by atoms with Gasteiger partial charge in [0.1, 0.15) is 5.25 Å². The summed E-state index contributed by atoms with van der Waals surface area (Å²) in [6, 6.07) is 20.8. The lowest BCUT2D eigenvalue weighted by Gasteiger charge is -2.18. The van der Waals surface area contributed by atoms with Crippen molar-refractivity contribution in [3.8, 4) is 11.5 Å². The van der Waals surface area contributed by atoms with Gasteiger partial charge in [0.05, 0.1) is 11.3 Å². The Kier molecular flexibility index (Phi) is 6.71. The molecule has 1 heterocycles. The molecule has 0 bridgehead atoms. The number of hydrogen-bond donors (Lipinski definition) is 1. The Labute approximate surface area is 196 Å². The Morgan fingerprint density at radius 1 is 0.970 bits per heavy atom. The standard InChI is InChI=1S/C23H15ClF3N3O2S/c24-16-11-12-18(17(13-16)23(25,26)27)28-20(31)19(14-7-3-1-4-8-14)33-22-30-29-21(32-22)15-9-5-2-6-10-15/h1-13,19H,(H,28,31)/t19-/m1/s1.